The molecule has 2 amide bonds. The highest BCUT2D eigenvalue weighted by atomic mass is 16.6. The number of carbonyl (C=O) groups is 2. The van der Waals surface area contributed by atoms with Gasteiger partial charge >= 0.3 is 5.69 Å². The fourth-order valence-corrected chi connectivity index (χ4v) is 3.15. The van der Waals surface area contributed by atoms with E-state index in [0.717, 1.165) is 6.42 Å². The molecule has 158 valence electrons. The van der Waals surface area contributed by atoms with E-state index in [4.69, 9.17) is 4.74 Å². The SMILES string of the molecule is CCCOc1ccc(N2C(=O)C[C@H]([NH2+]CCNc3ccc([N+](=O)[O-])c[nH+]3)C2=O)cc1. The quantitative estimate of drug-likeness (QED) is 0.251. The first kappa shape index (κ1) is 21.2. The van der Waals surface area contributed by atoms with Gasteiger partial charge in [0, 0.05) is 12.1 Å². The minimum atomic E-state index is -0.478. The number of ether oxygens (including phenoxy) is 1. The molecule has 0 spiro atoms. The van der Waals surface area contributed by atoms with Crippen molar-refractivity contribution in [2.24, 2.45) is 0 Å². The maximum Gasteiger partial charge on any atom is 0.308 e. The van der Waals surface area contributed by atoms with Crippen molar-refractivity contribution in [2.45, 2.75) is 25.8 Å². The first-order chi connectivity index (χ1) is 14.5. The van der Waals surface area contributed by atoms with Crippen LogP contribution in [0.15, 0.2) is 42.6 Å². The summed E-state index contributed by atoms with van der Waals surface area (Å²) < 4.78 is 5.53. The lowest BCUT2D eigenvalue weighted by Crippen LogP contribution is -2.92. The topological polar surface area (TPSA) is 133 Å². The van der Waals surface area contributed by atoms with Crippen LogP contribution >= 0.6 is 0 Å². The number of anilines is 2. The summed E-state index contributed by atoms with van der Waals surface area (Å²) in [6.45, 7) is 3.72. The number of rotatable bonds is 10. The molecular weight excluding hydrogens is 390 g/mol. The lowest BCUT2D eigenvalue weighted by atomic mass is 10.2. The number of H-pyrrole nitrogens is 1. The molecule has 1 atom stereocenters. The van der Waals surface area contributed by atoms with Crippen molar-refractivity contribution in [3.05, 3.63) is 52.7 Å². The Morgan fingerprint density at radius 1 is 1.27 bits per heavy atom. The monoisotopic (exact) mass is 415 g/mol. The molecule has 0 bridgehead atoms. The largest absolute Gasteiger partial charge is 0.494 e. The first-order valence-corrected chi connectivity index (χ1v) is 9.82. The zero-order valence-corrected chi connectivity index (χ0v) is 16.7. The smallest absolute Gasteiger partial charge is 0.308 e. The number of amides is 2. The molecule has 2 aromatic rings. The molecule has 1 aliphatic rings. The molecule has 0 unspecified atom stereocenters. The summed E-state index contributed by atoms with van der Waals surface area (Å²) >= 11 is 0. The average Bonchev–Trinajstić information content (AvgIpc) is 3.03. The van der Waals surface area contributed by atoms with Crippen molar-refractivity contribution in [1.29, 1.82) is 0 Å². The Labute approximate surface area is 173 Å². The Kier molecular flexibility index (Phi) is 6.91. The molecule has 0 radical (unpaired) electrons. The van der Waals surface area contributed by atoms with Crippen LogP contribution in [0.25, 0.3) is 0 Å². The zero-order chi connectivity index (χ0) is 21.5. The second kappa shape index (κ2) is 9.79. The van der Waals surface area contributed by atoms with Crippen LogP contribution < -0.4 is 25.3 Å². The van der Waals surface area contributed by atoms with E-state index in [9.17, 15) is 19.7 Å². The first-order valence-electron chi connectivity index (χ1n) is 9.82. The number of imide groups is 1. The van der Waals surface area contributed by atoms with E-state index in [1.165, 1.54) is 17.2 Å². The Hall–Kier alpha value is -3.53. The number of hydrogen-bond donors (Lipinski definition) is 2. The third-order valence-corrected chi connectivity index (χ3v) is 4.67. The summed E-state index contributed by atoms with van der Waals surface area (Å²) in [4.78, 5) is 39.3. The predicted octanol–water partition coefficient (Wildman–Crippen LogP) is 0.505. The van der Waals surface area contributed by atoms with Gasteiger partial charge in [-0.15, -0.1) is 0 Å². The molecule has 4 N–H and O–H groups in total. The highest BCUT2D eigenvalue weighted by Crippen LogP contribution is 2.24. The van der Waals surface area contributed by atoms with E-state index >= 15 is 0 Å². The summed E-state index contributed by atoms with van der Waals surface area (Å²) in [7, 11) is 0. The fraction of sp³-hybridized carbons (Fsp3) is 0.350. The number of aromatic nitrogens is 1. The van der Waals surface area contributed by atoms with Gasteiger partial charge in [-0.1, -0.05) is 6.92 Å². The van der Waals surface area contributed by atoms with E-state index < -0.39 is 11.0 Å². The van der Waals surface area contributed by atoms with Gasteiger partial charge in [0.25, 0.3) is 11.7 Å². The van der Waals surface area contributed by atoms with Crippen LogP contribution in [0.5, 0.6) is 5.75 Å². The average molecular weight is 415 g/mol. The van der Waals surface area contributed by atoms with Crippen LogP contribution in [-0.2, 0) is 9.59 Å². The summed E-state index contributed by atoms with van der Waals surface area (Å²) in [6, 6.07) is 9.47. The second-order valence-electron chi connectivity index (χ2n) is 6.89. The molecule has 1 aromatic carbocycles. The van der Waals surface area contributed by atoms with Crippen molar-refractivity contribution < 1.29 is 29.6 Å². The van der Waals surface area contributed by atoms with E-state index in [2.05, 4.69) is 10.3 Å². The van der Waals surface area contributed by atoms with Gasteiger partial charge in [-0.3, -0.25) is 25.0 Å². The highest BCUT2D eigenvalue weighted by Gasteiger charge is 2.42. The van der Waals surface area contributed by atoms with Crippen LogP contribution in [0.2, 0.25) is 0 Å². The summed E-state index contributed by atoms with van der Waals surface area (Å²) in [5.74, 6) is 0.885. The molecule has 1 saturated heterocycles. The number of nitro groups is 1. The molecule has 3 rings (SSSR count). The van der Waals surface area contributed by atoms with Gasteiger partial charge in [-0.25, -0.2) is 9.88 Å². The summed E-state index contributed by atoms with van der Waals surface area (Å²) in [5, 5.41) is 15.6. The molecular formula is C20H25N5O5+2. The number of hydrogen-bond acceptors (Lipinski definition) is 6. The van der Waals surface area contributed by atoms with Gasteiger partial charge in [-0.2, -0.15) is 0 Å². The molecule has 0 saturated carbocycles. The van der Waals surface area contributed by atoms with Crippen molar-refractivity contribution in [3.8, 4) is 5.75 Å². The van der Waals surface area contributed by atoms with E-state index in [-0.39, 0.29) is 23.9 Å². The van der Waals surface area contributed by atoms with E-state index in [0.29, 0.717) is 37.0 Å². The molecule has 10 nitrogen and oxygen atoms in total. The van der Waals surface area contributed by atoms with Crippen LogP contribution in [0, 0.1) is 10.1 Å². The minimum Gasteiger partial charge on any atom is -0.494 e. The molecule has 1 aromatic heterocycles. The van der Waals surface area contributed by atoms with Gasteiger partial charge in [0.15, 0.2) is 12.2 Å². The van der Waals surface area contributed by atoms with E-state index in [1.54, 1.807) is 30.3 Å². The van der Waals surface area contributed by atoms with Crippen molar-refractivity contribution in [2.75, 3.05) is 29.9 Å². The van der Waals surface area contributed by atoms with Crippen molar-refractivity contribution >= 4 is 29.0 Å². The number of carbonyl (C=O) groups excluding carboxylic acids is 2. The zero-order valence-electron chi connectivity index (χ0n) is 16.7. The third kappa shape index (κ3) is 5.09. The highest BCUT2D eigenvalue weighted by molar-refractivity contribution is 6.21. The van der Waals surface area contributed by atoms with Crippen LogP contribution in [0.4, 0.5) is 17.2 Å². The Balaban J connectivity index is 1.49. The van der Waals surface area contributed by atoms with Crippen LogP contribution in [0.1, 0.15) is 19.8 Å². The Morgan fingerprint density at radius 3 is 2.67 bits per heavy atom. The number of aromatic amines is 1. The van der Waals surface area contributed by atoms with Gasteiger partial charge < -0.3 is 10.1 Å². The standard InChI is InChI=1S/C20H23N5O5/c1-2-11-30-16-6-3-14(4-7-16)24-19(26)12-17(20(24)27)21-9-10-22-18-8-5-15(13-23-18)25(28)29/h3-8,13,17,21H,2,9-12H2,1H3,(H,22,23)/p+2/t17-/m0/s1. The summed E-state index contributed by atoms with van der Waals surface area (Å²) in [5.41, 5.74) is 0.524. The maximum absolute atomic E-state index is 12.7. The van der Waals surface area contributed by atoms with Crippen molar-refractivity contribution in [1.82, 2.24) is 0 Å². The van der Waals surface area contributed by atoms with Crippen LogP contribution in [-0.4, -0.2) is 42.5 Å². The number of nitrogens with one attached hydrogen (secondary N) is 2. The molecule has 10 heteroatoms. The number of pyridine rings is 1. The number of benzene rings is 1. The number of quaternary nitrogens is 1. The molecule has 1 aliphatic heterocycles. The van der Waals surface area contributed by atoms with Gasteiger partial charge in [0.2, 0.25) is 5.91 Å². The third-order valence-electron chi connectivity index (χ3n) is 4.67. The van der Waals surface area contributed by atoms with E-state index in [1.807, 2.05) is 12.2 Å². The van der Waals surface area contributed by atoms with Gasteiger partial charge in [0.1, 0.15) is 18.8 Å². The normalized spacial score (nSPS) is 16.0. The minimum absolute atomic E-state index is 0.0211. The molecule has 2 heterocycles. The summed E-state index contributed by atoms with van der Waals surface area (Å²) in [6.07, 6.45) is 2.36. The number of nitrogens with two attached hydrogens (primary N) is 1. The lowest BCUT2D eigenvalue weighted by molar-refractivity contribution is -0.672. The lowest BCUT2D eigenvalue weighted by Gasteiger charge is -2.15. The molecule has 0 aliphatic carbocycles. The van der Waals surface area contributed by atoms with Crippen LogP contribution in [0.3, 0.4) is 0 Å². The van der Waals surface area contributed by atoms with Gasteiger partial charge in [0.05, 0.1) is 23.6 Å². The number of nitrogens with zero attached hydrogens (tertiary/aromatic N) is 2. The predicted molar refractivity (Wildman–Crippen MR) is 108 cm³/mol. The fourth-order valence-electron chi connectivity index (χ4n) is 3.15. The van der Waals surface area contributed by atoms with Gasteiger partial charge in [-0.05, 0) is 30.7 Å². The molecule has 1 fully saturated rings. The maximum atomic E-state index is 12.7. The second-order valence-corrected chi connectivity index (χ2v) is 6.89. The Morgan fingerprint density at radius 2 is 2.03 bits per heavy atom. The van der Waals surface area contributed by atoms with Crippen molar-refractivity contribution in [3.63, 3.8) is 0 Å². The molecule has 30 heavy (non-hydrogen) atoms. The Bertz CT molecular complexity index is 901.